The standard InChI is InChI=1S/C46H30.2C44H28/c1-2-12-31(13-3-1)33-22-25-34(26-23-33)45-40-18-8-10-20-42(40)46(43-21-11-9-19-41(43)45)38-29-36-16-6-7-17-39(36)44(30-38)37-27-24-32-14-4-5-15-35(32)28-37;1-3-13-31-27-33(23-21-29(31)11-1)35-25-26-42(37-16-6-5-15-36(35)37)44-40-19-9-7-17-38(40)43(39-18-8-10-20-41(39)44)34-24-22-30-12-2-4-14-32(30)28-34;1-2-15-32-28-33(25-24-29(32)12-1)42-37-19-7-9-21-39(37)44(40-22-10-8-20-38(40)42)43-35-18-6-4-14-31(35)26-27-41(43)36-23-11-16-30-13-3-5-17-34(30)36/h1-30H;2*1-28H. The van der Waals surface area contributed by atoms with Crippen LogP contribution in [0.5, 0.6) is 0 Å². The summed E-state index contributed by atoms with van der Waals surface area (Å²) in [7, 11) is 0. The van der Waals surface area contributed by atoms with E-state index >= 15 is 0 Å². The van der Waals surface area contributed by atoms with Crippen LogP contribution in [0.1, 0.15) is 0 Å². The van der Waals surface area contributed by atoms with Gasteiger partial charge in [-0.25, -0.2) is 0 Å². The molecule has 27 rings (SSSR count). The molecule has 0 nitrogen and oxygen atoms in total. The van der Waals surface area contributed by atoms with Crippen molar-refractivity contribution in [3.05, 3.63) is 522 Å². The highest BCUT2D eigenvalue weighted by Gasteiger charge is 2.26. The summed E-state index contributed by atoms with van der Waals surface area (Å²) in [6.45, 7) is 0. The maximum Gasteiger partial charge on any atom is -0.00139 e. The second-order valence-electron chi connectivity index (χ2n) is 35.4. The summed E-state index contributed by atoms with van der Waals surface area (Å²) >= 11 is 0. The van der Waals surface area contributed by atoms with Crippen molar-refractivity contribution in [3.8, 4) is 111 Å². The van der Waals surface area contributed by atoms with Gasteiger partial charge >= 0.3 is 0 Å². The summed E-state index contributed by atoms with van der Waals surface area (Å²) in [5, 5.41) is 35.5. The Bertz CT molecular complexity index is 9200. The molecule has 0 N–H and O–H groups in total. The average molecular weight is 1700 g/mol. The van der Waals surface area contributed by atoms with Gasteiger partial charge in [0.2, 0.25) is 0 Å². The zero-order chi connectivity index (χ0) is 88.5. The maximum atomic E-state index is 2.41. The second-order valence-corrected chi connectivity index (χ2v) is 35.4. The van der Waals surface area contributed by atoms with Crippen molar-refractivity contribution in [3.63, 3.8) is 0 Å². The van der Waals surface area contributed by atoms with Gasteiger partial charge in [0.1, 0.15) is 0 Å². The minimum Gasteiger partial charge on any atom is -0.0622 e. The highest BCUT2D eigenvalue weighted by Crippen LogP contribution is 2.53. The Morgan fingerprint density at radius 2 is 0.328 bits per heavy atom. The van der Waals surface area contributed by atoms with Gasteiger partial charge in [-0.15, -0.1) is 0 Å². The quantitative estimate of drug-likeness (QED) is 0.120. The fraction of sp³-hybridized carbons (Fsp3) is 0. The molecule has 134 heavy (non-hydrogen) atoms. The van der Waals surface area contributed by atoms with Crippen LogP contribution in [0.2, 0.25) is 0 Å². The Hall–Kier alpha value is -17.4. The van der Waals surface area contributed by atoms with Crippen molar-refractivity contribution in [1.29, 1.82) is 0 Å². The van der Waals surface area contributed by atoms with Crippen molar-refractivity contribution in [2.24, 2.45) is 0 Å². The third-order valence-corrected chi connectivity index (χ3v) is 27.9. The zero-order valence-electron chi connectivity index (χ0n) is 73.7. The molecule has 27 aromatic rings. The van der Waals surface area contributed by atoms with Gasteiger partial charge in [0, 0.05) is 0 Å². The van der Waals surface area contributed by atoms with E-state index < -0.39 is 0 Å². The third kappa shape index (κ3) is 13.9. The Kier molecular flexibility index (Phi) is 19.7. The summed E-state index contributed by atoms with van der Waals surface area (Å²) in [5.74, 6) is 0. The lowest BCUT2D eigenvalue weighted by Gasteiger charge is -2.22. The first kappa shape index (κ1) is 78.8. The summed E-state index contributed by atoms with van der Waals surface area (Å²) in [4.78, 5) is 0. The van der Waals surface area contributed by atoms with Gasteiger partial charge in [-0.3, -0.25) is 0 Å². The van der Waals surface area contributed by atoms with E-state index in [0.717, 1.165) is 0 Å². The van der Waals surface area contributed by atoms with E-state index in [0.29, 0.717) is 0 Å². The lowest BCUT2D eigenvalue weighted by atomic mass is 9.81. The fourth-order valence-corrected chi connectivity index (χ4v) is 21.7. The zero-order valence-corrected chi connectivity index (χ0v) is 73.7. The summed E-state index contributed by atoms with van der Waals surface area (Å²) < 4.78 is 0. The number of hydrogen-bond acceptors (Lipinski definition) is 0. The number of benzene rings is 27. The SMILES string of the molecule is c1ccc(-c2ccc(-c3c4ccccc4c(-c4cc(-c5ccc6ccccc6c5)c5ccccc5c4)c4ccccc34)cc2)cc1.c1ccc2cc(-c3c4ccccc4c(-c4c(-c5cccc6ccccc56)ccc5ccccc45)c4ccccc34)ccc2c1.c1ccc2cc(-c3ccc(-c4c5ccccc5c(-c5ccc6ccccc6c5)c5ccccc45)c4ccccc34)ccc2c1. The number of hydrogen-bond donors (Lipinski definition) is 0. The fourth-order valence-electron chi connectivity index (χ4n) is 21.7. The Morgan fingerprint density at radius 3 is 0.776 bits per heavy atom. The van der Waals surface area contributed by atoms with E-state index in [9.17, 15) is 0 Å². The molecule has 0 aliphatic heterocycles. The average Bonchev–Trinajstić information content (AvgIpc) is 0.741. The molecule has 27 aromatic carbocycles. The Balaban J connectivity index is 0.000000108. The van der Waals surface area contributed by atoms with Gasteiger partial charge in [0.15, 0.2) is 0 Å². The van der Waals surface area contributed by atoms with Crippen molar-refractivity contribution in [2.45, 2.75) is 0 Å². The molecule has 0 radical (unpaired) electrons. The van der Waals surface area contributed by atoms with Crippen LogP contribution in [0.3, 0.4) is 0 Å². The molecule has 0 saturated carbocycles. The molecule has 0 saturated heterocycles. The van der Waals surface area contributed by atoms with E-state index in [2.05, 4.69) is 522 Å². The highest BCUT2D eigenvalue weighted by molar-refractivity contribution is 6.29. The summed E-state index contributed by atoms with van der Waals surface area (Å²) in [5.41, 5.74) is 25.2. The van der Waals surface area contributed by atoms with Gasteiger partial charge in [0.25, 0.3) is 0 Å². The van der Waals surface area contributed by atoms with Crippen LogP contribution in [-0.2, 0) is 0 Å². The predicted octanol–water partition coefficient (Wildman–Crippen LogP) is 37.9. The maximum absolute atomic E-state index is 2.41. The topological polar surface area (TPSA) is 0 Å². The monoisotopic (exact) mass is 1690 g/mol. The lowest BCUT2D eigenvalue weighted by molar-refractivity contribution is 1.61. The molecule has 0 fully saturated rings. The molecule has 0 unspecified atom stereocenters. The molecule has 0 heteroatoms. The van der Waals surface area contributed by atoms with E-state index in [-0.39, 0.29) is 0 Å². The van der Waals surface area contributed by atoms with Crippen molar-refractivity contribution < 1.29 is 0 Å². The molecular weight excluding hydrogens is 1610 g/mol. The molecule has 0 heterocycles. The third-order valence-electron chi connectivity index (χ3n) is 27.9. The van der Waals surface area contributed by atoms with Gasteiger partial charge < -0.3 is 0 Å². The van der Waals surface area contributed by atoms with Gasteiger partial charge in [-0.2, -0.15) is 0 Å². The van der Waals surface area contributed by atoms with Crippen LogP contribution in [-0.4, -0.2) is 0 Å². The van der Waals surface area contributed by atoms with E-state index in [1.165, 1.54) is 262 Å². The van der Waals surface area contributed by atoms with E-state index in [1.54, 1.807) is 0 Å². The molecule has 622 valence electrons. The smallest absolute Gasteiger partial charge is 0.00139 e. The van der Waals surface area contributed by atoms with Gasteiger partial charge in [0.05, 0.1) is 0 Å². The van der Waals surface area contributed by atoms with Crippen LogP contribution >= 0.6 is 0 Å². The molecular formula is C134H86. The van der Waals surface area contributed by atoms with E-state index in [4.69, 9.17) is 0 Å². The Morgan fingerprint density at radius 1 is 0.0746 bits per heavy atom. The molecule has 0 spiro atoms. The molecule has 0 aliphatic carbocycles. The molecule has 0 bridgehead atoms. The molecule has 0 atom stereocenters. The highest BCUT2D eigenvalue weighted by atomic mass is 14.3. The summed E-state index contributed by atoms with van der Waals surface area (Å²) in [6.07, 6.45) is 0. The Labute approximate surface area is 778 Å². The normalized spacial score (nSPS) is 11.6. The molecule has 0 amide bonds. The van der Waals surface area contributed by atoms with Crippen LogP contribution in [0.4, 0.5) is 0 Å². The van der Waals surface area contributed by atoms with Crippen LogP contribution < -0.4 is 0 Å². The first-order chi connectivity index (χ1) is 66.5. The van der Waals surface area contributed by atoms with Crippen LogP contribution in [0.25, 0.3) is 262 Å². The number of rotatable bonds is 10. The first-order valence-electron chi connectivity index (χ1n) is 46.5. The van der Waals surface area contributed by atoms with Crippen molar-refractivity contribution in [1.82, 2.24) is 0 Å². The molecule has 0 aliphatic rings. The largest absolute Gasteiger partial charge is 0.0622 e. The first-order valence-corrected chi connectivity index (χ1v) is 46.5. The van der Waals surface area contributed by atoms with E-state index in [1.807, 2.05) is 0 Å². The molecule has 0 aromatic heterocycles. The van der Waals surface area contributed by atoms with Gasteiger partial charge in [-0.05, 0) is 298 Å². The summed E-state index contributed by atoms with van der Waals surface area (Å²) in [6, 6.07) is 191. The van der Waals surface area contributed by atoms with Crippen molar-refractivity contribution >= 4 is 151 Å². The van der Waals surface area contributed by atoms with Crippen molar-refractivity contribution in [2.75, 3.05) is 0 Å². The van der Waals surface area contributed by atoms with Gasteiger partial charge in [-0.1, -0.05) is 485 Å². The predicted molar refractivity (Wildman–Crippen MR) is 579 cm³/mol. The van der Waals surface area contributed by atoms with Crippen LogP contribution in [0.15, 0.2) is 522 Å². The van der Waals surface area contributed by atoms with Crippen LogP contribution in [0, 0.1) is 0 Å². The minimum atomic E-state index is 1.23. The minimum absolute atomic E-state index is 1.23. The second kappa shape index (κ2) is 33.6. The number of fused-ring (bicyclic) bond motifs is 14. The lowest BCUT2D eigenvalue weighted by Crippen LogP contribution is -1.94.